The fraction of sp³-hybridized carbons (Fsp3) is 0.571. The lowest BCUT2D eigenvalue weighted by molar-refractivity contribution is 0.105. The van der Waals surface area contributed by atoms with Gasteiger partial charge in [-0.05, 0) is 43.7 Å². The van der Waals surface area contributed by atoms with Crippen molar-refractivity contribution in [3.8, 4) is 5.69 Å². The number of rotatable bonds is 9. The zero-order valence-electron chi connectivity index (χ0n) is 17.0. The number of nitrogens with zero attached hydrogens (tertiary/aromatic N) is 4. The first kappa shape index (κ1) is 20.3. The van der Waals surface area contributed by atoms with Crippen LogP contribution in [0.2, 0.25) is 0 Å². The standard InChI is InChI=1S/C21H32N6O/c1-3-28-14-13-21(11-7-8-12-21)16-24-20(22-2)23-15-19-26-25-17-27(19)18-9-5-4-6-10-18/h4-6,9-10,17H,3,7-8,11-16H2,1-2H3,(H2,22,23,24). The first-order valence-electron chi connectivity index (χ1n) is 10.2. The van der Waals surface area contributed by atoms with Gasteiger partial charge >= 0.3 is 0 Å². The Morgan fingerprint density at radius 3 is 2.71 bits per heavy atom. The van der Waals surface area contributed by atoms with Gasteiger partial charge in [-0.25, -0.2) is 0 Å². The van der Waals surface area contributed by atoms with E-state index < -0.39 is 0 Å². The van der Waals surface area contributed by atoms with Crippen molar-refractivity contribution < 1.29 is 4.74 Å². The molecule has 0 amide bonds. The number of para-hydroxylation sites is 1. The average molecular weight is 385 g/mol. The molecule has 1 aromatic carbocycles. The molecule has 0 spiro atoms. The molecule has 7 heteroatoms. The van der Waals surface area contributed by atoms with Gasteiger partial charge in [0.2, 0.25) is 0 Å². The van der Waals surface area contributed by atoms with E-state index in [0.717, 1.165) is 43.7 Å². The monoisotopic (exact) mass is 384 g/mol. The molecule has 0 atom stereocenters. The SMILES string of the molecule is CCOCCC1(CNC(=NC)NCc2nncn2-c2ccccc2)CCCC1. The molecular weight excluding hydrogens is 352 g/mol. The fourth-order valence-corrected chi connectivity index (χ4v) is 3.91. The Labute approximate surface area is 167 Å². The lowest BCUT2D eigenvalue weighted by Crippen LogP contribution is -2.43. The van der Waals surface area contributed by atoms with Gasteiger partial charge in [0.15, 0.2) is 11.8 Å². The third kappa shape index (κ3) is 5.32. The third-order valence-corrected chi connectivity index (χ3v) is 5.57. The van der Waals surface area contributed by atoms with Crippen LogP contribution in [0.4, 0.5) is 0 Å². The van der Waals surface area contributed by atoms with E-state index in [1.54, 1.807) is 13.4 Å². The van der Waals surface area contributed by atoms with Gasteiger partial charge in [-0.15, -0.1) is 10.2 Å². The molecule has 152 valence electrons. The maximum atomic E-state index is 5.61. The Bertz CT molecular complexity index is 736. The van der Waals surface area contributed by atoms with Gasteiger partial charge in [0.1, 0.15) is 6.33 Å². The van der Waals surface area contributed by atoms with Gasteiger partial charge in [0, 0.05) is 32.5 Å². The lowest BCUT2D eigenvalue weighted by Gasteiger charge is -2.30. The van der Waals surface area contributed by atoms with Crippen LogP contribution in [0.3, 0.4) is 0 Å². The molecule has 1 saturated carbocycles. The van der Waals surface area contributed by atoms with Crippen LogP contribution in [0.15, 0.2) is 41.7 Å². The van der Waals surface area contributed by atoms with E-state index in [-0.39, 0.29) is 0 Å². The first-order valence-corrected chi connectivity index (χ1v) is 10.2. The van der Waals surface area contributed by atoms with E-state index in [4.69, 9.17) is 4.74 Å². The molecule has 0 unspecified atom stereocenters. The summed E-state index contributed by atoms with van der Waals surface area (Å²) in [6.07, 6.45) is 7.97. The molecule has 1 aliphatic rings. The number of benzene rings is 1. The van der Waals surface area contributed by atoms with Gasteiger partial charge < -0.3 is 15.4 Å². The highest BCUT2D eigenvalue weighted by molar-refractivity contribution is 5.79. The summed E-state index contributed by atoms with van der Waals surface area (Å²) in [6.45, 7) is 5.16. The second kappa shape index (κ2) is 10.2. The van der Waals surface area contributed by atoms with Crippen molar-refractivity contribution in [2.24, 2.45) is 10.4 Å². The van der Waals surface area contributed by atoms with Gasteiger partial charge in [0.05, 0.1) is 6.54 Å². The molecule has 28 heavy (non-hydrogen) atoms. The maximum absolute atomic E-state index is 5.61. The molecule has 1 aromatic heterocycles. The number of guanidine groups is 1. The highest BCUT2D eigenvalue weighted by Gasteiger charge is 2.33. The highest BCUT2D eigenvalue weighted by atomic mass is 16.5. The largest absolute Gasteiger partial charge is 0.382 e. The van der Waals surface area contributed by atoms with Crippen molar-refractivity contribution in [3.63, 3.8) is 0 Å². The topological polar surface area (TPSA) is 76.4 Å². The molecule has 3 rings (SSSR count). The highest BCUT2D eigenvalue weighted by Crippen LogP contribution is 2.40. The molecule has 0 bridgehead atoms. The van der Waals surface area contributed by atoms with Crippen molar-refractivity contribution in [3.05, 3.63) is 42.5 Å². The summed E-state index contributed by atoms with van der Waals surface area (Å²) >= 11 is 0. The Kier molecular flexibility index (Phi) is 7.42. The van der Waals surface area contributed by atoms with Crippen LogP contribution in [-0.4, -0.2) is 47.5 Å². The van der Waals surface area contributed by atoms with Gasteiger partial charge in [-0.1, -0.05) is 31.0 Å². The Balaban J connectivity index is 1.55. The van der Waals surface area contributed by atoms with E-state index >= 15 is 0 Å². The van der Waals surface area contributed by atoms with Crippen LogP contribution in [0.5, 0.6) is 0 Å². The second-order valence-corrected chi connectivity index (χ2v) is 7.39. The number of hydrogen-bond acceptors (Lipinski definition) is 4. The smallest absolute Gasteiger partial charge is 0.191 e. The summed E-state index contributed by atoms with van der Waals surface area (Å²) in [4.78, 5) is 4.38. The molecule has 0 aliphatic heterocycles. The van der Waals surface area contributed by atoms with Crippen LogP contribution < -0.4 is 10.6 Å². The molecule has 2 N–H and O–H groups in total. The van der Waals surface area contributed by atoms with Crippen LogP contribution in [0.1, 0.15) is 44.9 Å². The summed E-state index contributed by atoms with van der Waals surface area (Å²) in [5.41, 5.74) is 1.37. The van der Waals surface area contributed by atoms with Crippen molar-refractivity contribution in [1.82, 2.24) is 25.4 Å². The predicted octanol–water partition coefficient (Wildman–Crippen LogP) is 2.92. The van der Waals surface area contributed by atoms with Crippen molar-refractivity contribution in [2.75, 3.05) is 26.8 Å². The minimum Gasteiger partial charge on any atom is -0.382 e. The Morgan fingerprint density at radius 1 is 1.21 bits per heavy atom. The molecular formula is C21H32N6O. The molecule has 1 fully saturated rings. The van der Waals surface area contributed by atoms with Gasteiger partial charge in [0.25, 0.3) is 0 Å². The van der Waals surface area contributed by atoms with Crippen molar-refractivity contribution in [2.45, 2.75) is 45.6 Å². The molecule has 7 nitrogen and oxygen atoms in total. The van der Waals surface area contributed by atoms with E-state index in [1.165, 1.54) is 25.7 Å². The predicted molar refractivity (Wildman–Crippen MR) is 112 cm³/mol. The molecule has 1 heterocycles. The fourth-order valence-electron chi connectivity index (χ4n) is 3.91. The van der Waals surface area contributed by atoms with Crippen LogP contribution in [0.25, 0.3) is 5.69 Å². The van der Waals surface area contributed by atoms with E-state index in [2.05, 4.69) is 32.7 Å². The second-order valence-electron chi connectivity index (χ2n) is 7.39. The van der Waals surface area contributed by atoms with E-state index in [9.17, 15) is 0 Å². The third-order valence-electron chi connectivity index (χ3n) is 5.57. The van der Waals surface area contributed by atoms with E-state index in [1.807, 2.05) is 34.9 Å². The Hall–Kier alpha value is -2.41. The summed E-state index contributed by atoms with van der Waals surface area (Å²) in [6, 6.07) is 10.1. The first-order chi connectivity index (χ1) is 13.8. The zero-order chi connectivity index (χ0) is 19.7. The zero-order valence-corrected chi connectivity index (χ0v) is 17.0. The number of hydrogen-bond donors (Lipinski definition) is 2. The molecule has 2 aromatic rings. The minimum absolute atomic E-state index is 0.316. The summed E-state index contributed by atoms with van der Waals surface area (Å²) in [5, 5.41) is 15.2. The molecule has 0 saturated heterocycles. The quantitative estimate of drug-likeness (QED) is 0.395. The van der Waals surface area contributed by atoms with Gasteiger partial charge in [-0.2, -0.15) is 0 Å². The molecule has 0 radical (unpaired) electrons. The number of aromatic nitrogens is 3. The van der Waals surface area contributed by atoms with Crippen LogP contribution in [0, 0.1) is 5.41 Å². The molecule has 1 aliphatic carbocycles. The number of ether oxygens (including phenoxy) is 1. The minimum atomic E-state index is 0.316. The van der Waals surface area contributed by atoms with Crippen LogP contribution >= 0.6 is 0 Å². The van der Waals surface area contributed by atoms with Gasteiger partial charge in [-0.3, -0.25) is 9.56 Å². The summed E-state index contributed by atoms with van der Waals surface area (Å²) in [7, 11) is 1.80. The summed E-state index contributed by atoms with van der Waals surface area (Å²) in [5.74, 6) is 1.64. The Morgan fingerprint density at radius 2 is 2.00 bits per heavy atom. The van der Waals surface area contributed by atoms with E-state index in [0.29, 0.717) is 12.0 Å². The van der Waals surface area contributed by atoms with Crippen molar-refractivity contribution >= 4 is 5.96 Å². The normalized spacial score (nSPS) is 16.3. The maximum Gasteiger partial charge on any atom is 0.191 e. The number of nitrogens with one attached hydrogen (secondary N) is 2. The lowest BCUT2D eigenvalue weighted by atomic mass is 9.83. The number of aliphatic imine (C=N–C) groups is 1. The average Bonchev–Trinajstić information content (AvgIpc) is 3.39. The van der Waals surface area contributed by atoms with Crippen molar-refractivity contribution in [1.29, 1.82) is 0 Å². The summed E-state index contributed by atoms with van der Waals surface area (Å²) < 4.78 is 7.60. The van der Waals surface area contributed by atoms with Crippen LogP contribution in [-0.2, 0) is 11.3 Å².